The Morgan fingerprint density at radius 2 is 1.82 bits per heavy atom. The highest BCUT2D eigenvalue weighted by Crippen LogP contribution is 2.22. The summed E-state index contributed by atoms with van der Waals surface area (Å²) in [4.78, 5) is 23.2. The Labute approximate surface area is 104 Å². The van der Waals surface area contributed by atoms with Gasteiger partial charge in [0.25, 0.3) is 0 Å². The minimum Gasteiger partial charge on any atom is -0.480 e. The molecule has 0 heterocycles. The summed E-state index contributed by atoms with van der Waals surface area (Å²) < 4.78 is 0. The molecule has 0 aliphatic heterocycles. The van der Waals surface area contributed by atoms with E-state index in [2.05, 4.69) is 5.32 Å². The van der Waals surface area contributed by atoms with Gasteiger partial charge in [-0.3, -0.25) is 9.59 Å². The van der Waals surface area contributed by atoms with Crippen molar-refractivity contribution in [1.82, 2.24) is 5.32 Å². The molecule has 0 bridgehead atoms. The fourth-order valence-electron chi connectivity index (χ4n) is 1.15. The van der Waals surface area contributed by atoms with Gasteiger partial charge in [0.05, 0.1) is 5.25 Å². The van der Waals surface area contributed by atoms with Crippen molar-refractivity contribution in [2.45, 2.75) is 30.0 Å². The Balaban J connectivity index is 2.50. The van der Waals surface area contributed by atoms with E-state index in [1.54, 1.807) is 6.92 Å². The zero-order valence-corrected chi connectivity index (χ0v) is 10.5. The molecule has 2 unspecified atom stereocenters. The van der Waals surface area contributed by atoms with Gasteiger partial charge in [0.1, 0.15) is 6.04 Å². The smallest absolute Gasteiger partial charge is 0.325 e. The lowest BCUT2D eigenvalue weighted by molar-refractivity contribution is -0.141. The second-order valence-corrected chi connectivity index (χ2v) is 5.06. The zero-order chi connectivity index (χ0) is 12.8. The number of carbonyl (C=O) groups is 2. The lowest BCUT2D eigenvalue weighted by Gasteiger charge is -2.14. The molecule has 0 aliphatic rings. The van der Waals surface area contributed by atoms with E-state index in [-0.39, 0.29) is 11.2 Å². The molecule has 1 aromatic carbocycles. The number of benzene rings is 1. The fourth-order valence-corrected chi connectivity index (χ4v) is 2.05. The molecule has 0 saturated heterocycles. The maximum atomic E-state index is 11.7. The standard InChI is InChI=1S/C12H15NO3S/c1-8(12(15)16)13-11(14)9(2)17-10-6-4-3-5-7-10/h3-9H,1-2H3,(H,13,14)(H,15,16). The third kappa shape index (κ3) is 4.48. The van der Waals surface area contributed by atoms with Gasteiger partial charge in [0.2, 0.25) is 5.91 Å². The molecule has 0 fully saturated rings. The van der Waals surface area contributed by atoms with Crippen molar-refractivity contribution in [3.05, 3.63) is 30.3 Å². The molecule has 5 heteroatoms. The van der Waals surface area contributed by atoms with Crippen LogP contribution in [0.5, 0.6) is 0 Å². The third-order valence-corrected chi connectivity index (χ3v) is 3.27. The highest BCUT2D eigenvalue weighted by molar-refractivity contribution is 8.00. The molecular weight excluding hydrogens is 238 g/mol. The summed E-state index contributed by atoms with van der Waals surface area (Å²) >= 11 is 1.40. The van der Waals surface area contributed by atoms with Gasteiger partial charge in [-0.2, -0.15) is 0 Å². The van der Waals surface area contributed by atoms with Crippen LogP contribution in [0.1, 0.15) is 13.8 Å². The highest BCUT2D eigenvalue weighted by atomic mass is 32.2. The van der Waals surface area contributed by atoms with Crippen molar-refractivity contribution in [3.63, 3.8) is 0 Å². The molecule has 1 aromatic rings. The quantitative estimate of drug-likeness (QED) is 0.785. The number of hydrogen-bond donors (Lipinski definition) is 2. The van der Waals surface area contributed by atoms with E-state index in [0.29, 0.717) is 0 Å². The van der Waals surface area contributed by atoms with Crippen LogP contribution in [-0.4, -0.2) is 28.3 Å². The van der Waals surface area contributed by atoms with Crippen LogP contribution < -0.4 is 5.32 Å². The Hall–Kier alpha value is -1.49. The SMILES string of the molecule is CC(NC(=O)C(C)Sc1ccccc1)C(=O)O. The molecular formula is C12H15NO3S. The zero-order valence-electron chi connectivity index (χ0n) is 9.71. The van der Waals surface area contributed by atoms with Gasteiger partial charge in [-0.05, 0) is 26.0 Å². The molecule has 1 rings (SSSR count). The summed E-state index contributed by atoms with van der Waals surface area (Å²) in [6, 6.07) is 8.66. The van der Waals surface area contributed by atoms with Crippen LogP contribution in [0, 0.1) is 0 Å². The van der Waals surface area contributed by atoms with E-state index in [4.69, 9.17) is 5.11 Å². The monoisotopic (exact) mass is 253 g/mol. The van der Waals surface area contributed by atoms with Gasteiger partial charge >= 0.3 is 5.97 Å². The number of thioether (sulfide) groups is 1. The lowest BCUT2D eigenvalue weighted by Crippen LogP contribution is -2.41. The van der Waals surface area contributed by atoms with Gasteiger partial charge in [0.15, 0.2) is 0 Å². The Bertz CT molecular complexity index is 394. The maximum Gasteiger partial charge on any atom is 0.325 e. The third-order valence-electron chi connectivity index (χ3n) is 2.15. The van der Waals surface area contributed by atoms with Crippen LogP contribution in [0.3, 0.4) is 0 Å². The average Bonchev–Trinajstić information content (AvgIpc) is 2.29. The summed E-state index contributed by atoms with van der Waals surface area (Å²) in [6.45, 7) is 3.20. The first-order valence-corrected chi connectivity index (χ1v) is 6.13. The van der Waals surface area contributed by atoms with Crippen LogP contribution in [-0.2, 0) is 9.59 Å². The van der Waals surface area contributed by atoms with Gasteiger partial charge in [-0.1, -0.05) is 18.2 Å². The maximum absolute atomic E-state index is 11.7. The summed E-state index contributed by atoms with van der Waals surface area (Å²) in [5, 5.41) is 10.8. The second kappa shape index (κ2) is 6.30. The number of carboxylic acid groups (broad SMARTS) is 1. The van der Waals surface area contributed by atoms with E-state index in [9.17, 15) is 9.59 Å². The first-order valence-electron chi connectivity index (χ1n) is 5.25. The molecule has 2 atom stereocenters. The Morgan fingerprint density at radius 3 is 2.35 bits per heavy atom. The summed E-state index contributed by atoms with van der Waals surface area (Å²) in [6.07, 6.45) is 0. The van der Waals surface area contributed by atoms with Crippen LogP contribution in [0.4, 0.5) is 0 Å². The molecule has 0 saturated carbocycles. The van der Waals surface area contributed by atoms with Crippen molar-refractivity contribution in [3.8, 4) is 0 Å². The first-order chi connectivity index (χ1) is 8.00. The largest absolute Gasteiger partial charge is 0.480 e. The van der Waals surface area contributed by atoms with Gasteiger partial charge in [0, 0.05) is 4.90 Å². The molecule has 0 radical (unpaired) electrons. The highest BCUT2D eigenvalue weighted by Gasteiger charge is 2.19. The molecule has 17 heavy (non-hydrogen) atoms. The predicted molar refractivity (Wildman–Crippen MR) is 67.0 cm³/mol. The van der Waals surface area contributed by atoms with Crippen molar-refractivity contribution < 1.29 is 14.7 Å². The van der Waals surface area contributed by atoms with E-state index < -0.39 is 12.0 Å². The molecule has 0 aliphatic carbocycles. The number of carbonyl (C=O) groups excluding carboxylic acids is 1. The van der Waals surface area contributed by atoms with E-state index >= 15 is 0 Å². The minimum atomic E-state index is -1.03. The second-order valence-electron chi connectivity index (χ2n) is 3.64. The number of amides is 1. The molecule has 4 nitrogen and oxygen atoms in total. The number of rotatable bonds is 5. The van der Waals surface area contributed by atoms with Crippen molar-refractivity contribution >= 4 is 23.6 Å². The first kappa shape index (κ1) is 13.6. The average molecular weight is 253 g/mol. The molecule has 1 amide bonds. The Kier molecular flexibility index (Phi) is 5.03. The van der Waals surface area contributed by atoms with Crippen molar-refractivity contribution in [2.75, 3.05) is 0 Å². The summed E-state index contributed by atoms with van der Waals surface area (Å²) in [5.74, 6) is -1.30. The van der Waals surface area contributed by atoms with Gasteiger partial charge in [-0.25, -0.2) is 0 Å². The molecule has 2 N–H and O–H groups in total. The molecule has 92 valence electrons. The normalized spacial score (nSPS) is 13.8. The lowest BCUT2D eigenvalue weighted by atomic mass is 10.3. The summed E-state index contributed by atoms with van der Waals surface area (Å²) in [7, 11) is 0. The number of carboxylic acids is 1. The van der Waals surface area contributed by atoms with E-state index in [1.165, 1.54) is 18.7 Å². The van der Waals surface area contributed by atoms with Crippen LogP contribution in [0.25, 0.3) is 0 Å². The van der Waals surface area contributed by atoms with Crippen LogP contribution >= 0.6 is 11.8 Å². The van der Waals surface area contributed by atoms with Gasteiger partial charge < -0.3 is 10.4 Å². The number of nitrogens with one attached hydrogen (secondary N) is 1. The van der Waals surface area contributed by atoms with Crippen molar-refractivity contribution in [2.24, 2.45) is 0 Å². The molecule has 0 aromatic heterocycles. The van der Waals surface area contributed by atoms with Crippen LogP contribution in [0.2, 0.25) is 0 Å². The number of hydrogen-bond acceptors (Lipinski definition) is 3. The van der Waals surface area contributed by atoms with E-state index in [1.807, 2.05) is 30.3 Å². The Morgan fingerprint density at radius 1 is 1.24 bits per heavy atom. The minimum absolute atomic E-state index is 0.270. The van der Waals surface area contributed by atoms with Gasteiger partial charge in [-0.15, -0.1) is 11.8 Å². The van der Waals surface area contributed by atoms with E-state index in [0.717, 1.165) is 4.90 Å². The molecule has 0 spiro atoms. The fraction of sp³-hybridized carbons (Fsp3) is 0.333. The van der Waals surface area contributed by atoms with Crippen LogP contribution in [0.15, 0.2) is 35.2 Å². The van der Waals surface area contributed by atoms with Crippen molar-refractivity contribution in [1.29, 1.82) is 0 Å². The number of aliphatic carboxylic acids is 1. The predicted octanol–water partition coefficient (Wildman–Crippen LogP) is 1.76. The summed E-state index contributed by atoms with van der Waals surface area (Å²) in [5.41, 5.74) is 0. The topological polar surface area (TPSA) is 66.4 Å².